The molecule has 138 valence electrons. The Morgan fingerprint density at radius 3 is 2.32 bits per heavy atom. The maximum Gasteiger partial charge on any atom is 0.0316 e. The highest BCUT2D eigenvalue weighted by Gasteiger charge is 2.31. The highest BCUT2D eigenvalue weighted by Crippen LogP contribution is 2.51. The van der Waals surface area contributed by atoms with Gasteiger partial charge in [0.25, 0.3) is 0 Å². The molecule has 1 heteroatoms. The molecule has 0 N–H and O–H groups in total. The van der Waals surface area contributed by atoms with E-state index in [0.29, 0.717) is 5.92 Å². The van der Waals surface area contributed by atoms with E-state index in [0.717, 1.165) is 15.0 Å². The largest absolute Gasteiger partial charge is 0.0622 e. The van der Waals surface area contributed by atoms with E-state index in [9.17, 15) is 0 Å². The van der Waals surface area contributed by atoms with Crippen molar-refractivity contribution in [3.05, 3.63) is 110 Å². The van der Waals surface area contributed by atoms with Crippen LogP contribution in [-0.4, -0.2) is 0 Å². The van der Waals surface area contributed by atoms with Crippen LogP contribution in [0.4, 0.5) is 0 Å². The Bertz CT molecular complexity index is 1150. The van der Waals surface area contributed by atoms with E-state index in [4.69, 9.17) is 0 Å². The van der Waals surface area contributed by atoms with Crippen LogP contribution in [0.1, 0.15) is 44.9 Å². The molecule has 0 spiro atoms. The monoisotopic (exact) mass is 380 g/mol. The molecule has 2 aliphatic carbocycles. The Morgan fingerprint density at radius 1 is 0.750 bits per heavy atom. The Kier molecular flexibility index (Phi) is 4.33. The molecule has 3 aromatic carbocycles. The van der Waals surface area contributed by atoms with Crippen molar-refractivity contribution in [1.82, 2.24) is 0 Å². The summed E-state index contributed by atoms with van der Waals surface area (Å²) in [5.41, 5.74) is 11.6. The molecule has 0 nitrogen and oxygen atoms in total. The zero-order chi connectivity index (χ0) is 19.3. The number of fused-ring (bicyclic) bond motifs is 2. The molecule has 3 aromatic rings. The van der Waals surface area contributed by atoms with Crippen LogP contribution in [0.25, 0.3) is 12.2 Å². The molecule has 2 atom stereocenters. The fourth-order valence-electron chi connectivity index (χ4n) is 4.65. The van der Waals surface area contributed by atoms with Gasteiger partial charge in [0.05, 0.1) is 0 Å². The van der Waals surface area contributed by atoms with Crippen molar-refractivity contribution >= 4 is 26.0 Å². The number of rotatable bonds is 3. The predicted molar refractivity (Wildman–Crippen MR) is 124 cm³/mol. The average molecular weight is 380 g/mol. The summed E-state index contributed by atoms with van der Waals surface area (Å²) in [6.45, 7) is 6.73. The summed E-state index contributed by atoms with van der Waals surface area (Å²) in [6.07, 6.45) is 6.02. The van der Waals surface area contributed by atoms with Crippen LogP contribution in [-0.2, 0) is 6.42 Å². The molecular weight excluding hydrogens is 355 g/mol. The standard InChI is InChI=1S/C27H25P/c1-17-12-13-18(2)24-15-21(14-23(17)24)27-22-10-6-5-9-20(22)16-26(27)28-25-11-7-4-8-19(25)3/h4-14,16,27-28H,15H2,1-3H3. The van der Waals surface area contributed by atoms with E-state index in [1.165, 1.54) is 44.2 Å². The Labute approximate surface area is 169 Å². The van der Waals surface area contributed by atoms with Gasteiger partial charge >= 0.3 is 0 Å². The van der Waals surface area contributed by atoms with Gasteiger partial charge in [0.2, 0.25) is 0 Å². The van der Waals surface area contributed by atoms with E-state index in [-0.39, 0.29) is 0 Å². The van der Waals surface area contributed by atoms with Crippen LogP contribution in [0, 0.1) is 20.8 Å². The van der Waals surface area contributed by atoms with E-state index in [1.54, 1.807) is 10.9 Å². The summed E-state index contributed by atoms with van der Waals surface area (Å²) in [6, 6.07) is 22.3. The van der Waals surface area contributed by atoms with Crippen LogP contribution >= 0.6 is 8.58 Å². The first-order chi connectivity index (χ1) is 13.6. The fraction of sp³-hybridized carbons (Fsp3) is 0.185. The lowest BCUT2D eigenvalue weighted by molar-refractivity contribution is 0.953. The molecule has 0 saturated heterocycles. The number of hydrogen-bond acceptors (Lipinski definition) is 0. The van der Waals surface area contributed by atoms with Gasteiger partial charge in [-0.25, -0.2) is 0 Å². The Hall–Kier alpha value is -2.43. The number of aryl methyl sites for hydroxylation is 3. The highest BCUT2D eigenvalue weighted by atomic mass is 31.1. The molecular formula is C27H25P. The molecule has 28 heavy (non-hydrogen) atoms. The first-order valence-electron chi connectivity index (χ1n) is 10.0. The zero-order valence-corrected chi connectivity index (χ0v) is 17.7. The second-order valence-corrected chi connectivity index (χ2v) is 9.46. The molecule has 0 amide bonds. The molecule has 0 radical (unpaired) electrons. The molecule has 0 aliphatic heterocycles. The van der Waals surface area contributed by atoms with Crippen molar-refractivity contribution in [3.8, 4) is 0 Å². The molecule has 0 saturated carbocycles. The first-order valence-corrected chi connectivity index (χ1v) is 11.0. The molecule has 2 aliphatic rings. The van der Waals surface area contributed by atoms with Crippen molar-refractivity contribution in [3.63, 3.8) is 0 Å². The Balaban J connectivity index is 1.58. The fourth-order valence-corrected chi connectivity index (χ4v) is 6.14. The summed E-state index contributed by atoms with van der Waals surface area (Å²) in [5, 5.41) is 3.03. The maximum absolute atomic E-state index is 2.49. The van der Waals surface area contributed by atoms with Gasteiger partial charge in [0, 0.05) is 5.92 Å². The number of allylic oxidation sites excluding steroid dienone is 2. The lowest BCUT2D eigenvalue weighted by atomic mass is 9.91. The highest BCUT2D eigenvalue weighted by molar-refractivity contribution is 7.52. The van der Waals surface area contributed by atoms with Crippen molar-refractivity contribution in [1.29, 1.82) is 0 Å². The smallest absolute Gasteiger partial charge is 0.0316 e. The van der Waals surface area contributed by atoms with Crippen LogP contribution < -0.4 is 5.30 Å². The van der Waals surface area contributed by atoms with Gasteiger partial charge < -0.3 is 0 Å². The molecule has 0 heterocycles. The van der Waals surface area contributed by atoms with Gasteiger partial charge in [-0.1, -0.05) is 80.9 Å². The molecule has 0 bridgehead atoms. The third kappa shape index (κ3) is 2.88. The molecule has 2 unspecified atom stereocenters. The van der Waals surface area contributed by atoms with E-state index < -0.39 is 0 Å². The minimum absolute atomic E-state index is 0.417. The topological polar surface area (TPSA) is 0 Å². The van der Waals surface area contributed by atoms with Crippen molar-refractivity contribution in [2.75, 3.05) is 0 Å². The van der Waals surface area contributed by atoms with Gasteiger partial charge in [0.15, 0.2) is 0 Å². The van der Waals surface area contributed by atoms with Crippen molar-refractivity contribution in [2.24, 2.45) is 0 Å². The summed E-state index contributed by atoms with van der Waals surface area (Å²) in [5.74, 6) is 0.417. The van der Waals surface area contributed by atoms with Crippen molar-refractivity contribution in [2.45, 2.75) is 33.1 Å². The van der Waals surface area contributed by atoms with Crippen LogP contribution in [0.2, 0.25) is 0 Å². The zero-order valence-electron chi connectivity index (χ0n) is 16.7. The van der Waals surface area contributed by atoms with Crippen LogP contribution in [0.5, 0.6) is 0 Å². The van der Waals surface area contributed by atoms with E-state index >= 15 is 0 Å². The van der Waals surface area contributed by atoms with Gasteiger partial charge in [0.1, 0.15) is 0 Å². The average Bonchev–Trinajstić information content (AvgIpc) is 3.28. The number of hydrogen-bond donors (Lipinski definition) is 0. The predicted octanol–water partition coefficient (Wildman–Crippen LogP) is 6.69. The SMILES string of the molecule is Cc1ccccc1PC1=Cc2ccccc2C1C1=Cc2c(C)ccc(C)c2C1. The quantitative estimate of drug-likeness (QED) is 0.444. The first kappa shape index (κ1) is 17.7. The normalized spacial score (nSPS) is 17.6. The number of benzene rings is 3. The van der Waals surface area contributed by atoms with E-state index in [1.807, 2.05) is 0 Å². The summed E-state index contributed by atoms with van der Waals surface area (Å²) in [4.78, 5) is 0. The van der Waals surface area contributed by atoms with Gasteiger partial charge in [-0.3, -0.25) is 0 Å². The summed E-state index contributed by atoms with van der Waals surface area (Å²) >= 11 is 0. The summed E-state index contributed by atoms with van der Waals surface area (Å²) < 4.78 is 0. The second-order valence-electron chi connectivity index (χ2n) is 8.09. The van der Waals surface area contributed by atoms with Crippen LogP contribution in [0.15, 0.2) is 71.6 Å². The van der Waals surface area contributed by atoms with Crippen LogP contribution in [0.3, 0.4) is 0 Å². The molecule has 0 fully saturated rings. The minimum Gasteiger partial charge on any atom is -0.0622 e. The van der Waals surface area contributed by atoms with E-state index in [2.05, 4.69) is 93.6 Å². The maximum atomic E-state index is 2.49. The third-order valence-corrected chi connectivity index (χ3v) is 7.80. The van der Waals surface area contributed by atoms with Gasteiger partial charge in [-0.05, 0) is 82.8 Å². The Morgan fingerprint density at radius 2 is 1.50 bits per heavy atom. The summed E-state index contributed by atoms with van der Waals surface area (Å²) in [7, 11) is 0.722. The lowest BCUT2D eigenvalue weighted by Crippen LogP contribution is -2.05. The van der Waals surface area contributed by atoms with Gasteiger partial charge in [-0.15, -0.1) is 0 Å². The second kappa shape index (κ2) is 6.87. The van der Waals surface area contributed by atoms with Gasteiger partial charge in [-0.2, -0.15) is 0 Å². The molecule has 0 aromatic heterocycles. The molecule has 5 rings (SSSR count). The van der Waals surface area contributed by atoms with Crippen molar-refractivity contribution < 1.29 is 0 Å². The lowest BCUT2D eigenvalue weighted by Gasteiger charge is -2.20. The minimum atomic E-state index is 0.417. The third-order valence-electron chi connectivity index (χ3n) is 6.24.